The molecule has 10 heteroatoms. The molecule has 0 rings (SSSR count). The molecule has 0 fully saturated rings. The fourth-order valence-corrected chi connectivity index (χ4v) is 8.78. The highest BCUT2D eigenvalue weighted by atomic mass is 28.4. The molecule has 0 aliphatic heterocycles. The molecule has 0 radical (unpaired) electrons. The summed E-state index contributed by atoms with van der Waals surface area (Å²) in [6.07, 6.45) is 1.92. The largest absolute Gasteiger partial charge is 0.500 e. The van der Waals surface area contributed by atoms with Crippen LogP contribution >= 0.6 is 0 Å². The first-order valence-electron chi connectivity index (χ1n) is 12.1. The van der Waals surface area contributed by atoms with Crippen molar-refractivity contribution in [2.75, 3.05) is 73.0 Å². The summed E-state index contributed by atoms with van der Waals surface area (Å²) in [4.78, 5) is 2.43. The van der Waals surface area contributed by atoms with E-state index in [1.54, 1.807) is 7.11 Å². The van der Waals surface area contributed by atoms with Crippen LogP contribution in [0.4, 0.5) is 0 Å². The van der Waals surface area contributed by atoms with Crippen molar-refractivity contribution in [1.82, 2.24) is 4.90 Å². The third-order valence-electron chi connectivity index (χ3n) is 4.71. The van der Waals surface area contributed by atoms with Gasteiger partial charge in [-0.1, -0.05) is 0 Å². The number of hydrogen-bond acceptors (Lipinski definition) is 8. The quantitative estimate of drug-likeness (QED) is 0.203. The Hall–Kier alpha value is 0.114. The van der Waals surface area contributed by atoms with E-state index in [1.807, 2.05) is 41.5 Å². The van der Waals surface area contributed by atoms with Gasteiger partial charge in [0.25, 0.3) is 0 Å². The van der Waals surface area contributed by atoms with Crippen LogP contribution in [-0.4, -0.2) is 95.5 Å². The Morgan fingerprint density at radius 2 is 0.839 bits per heavy atom. The van der Waals surface area contributed by atoms with Gasteiger partial charge < -0.3 is 36.2 Å². The van der Waals surface area contributed by atoms with Crippen LogP contribution in [0.3, 0.4) is 0 Å². The fourth-order valence-electron chi connectivity index (χ4n) is 3.60. The molecule has 0 aliphatic carbocycles. The first-order chi connectivity index (χ1) is 15.0. The monoisotopic (exact) mass is 483 g/mol. The minimum absolute atomic E-state index is 0.610. The van der Waals surface area contributed by atoms with E-state index in [0.717, 1.165) is 44.6 Å². The molecule has 0 amide bonds. The molecule has 0 aromatic carbocycles. The molecule has 0 atom stereocenters. The van der Waals surface area contributed by atoms with Crippen molar-refractivity contribution in [2.45, 2.75) is 66.5 Å². The summed E-state index contributed by atoms with van der Waals surface area (Å²) in [7, 11) is -3.45. The lowest BCUT2D eigenvalue weighted by atomic mass is 10.3. The highest BCUT2D eigenvalue weighted by Crippen LogP contribution is 2.20. The average molecular weight is 484 g/mol. The summed E-state index contributed by atoms with van der Waals surface area (Å²) in [6.45, 7) is 19.1. The van der Waals surface area contributed by atoms with Crippen LogP contribution in [-0.2, 0) is 31.3 Å². The van der Waals surface area contributed by atoms with Gasteiger partial charge in [0.05, 0.1) is 6.61 Å². The van der Waals surface area contributed by atoms with Crippen LogP contribution in [0.5, 0.6) is 0 Å². The van der Waals surface area contributed by atoms with Gasteiger partial charge in [-0.3, -0.25) is 0 Å². The molecular formula is C21H49NO7Si2. The van der Waals surface area contributed by atoms with Gasteiger partial charge in [0.2, 0.25) is 0 Å². The van der Waals surface area contributed by atoms with Crippen LogP contribution in [0.15, 0.2) is 0 Å². The Kier molecular flexibility index (Phi) is 19.6. The average Bonchev–Trinajstić information content (AvgIpc) is 2.73. The molecule has 0 aliphatic rings. The first-order valence-corrected chi connectivity index (χ1v) is 15.9. The minimum atomic E-state index is -2.60. The van der Waals surface area contributed by atoms with Crippen molar-refractivity contribution in [3.05, 3.63) is 0 Å². The van der Waals surface area contributed by atoms with Gasteiger partial charge >= 0.3 is 17.6 Å². The summed E-state index contributed by atoms with van der Waals surface area (Å²) < 4.78 is 41.2. The second-order valence-electron chi connectivity index (χ2n) is 7.01. The van der Waals surface area contributed by atoms with Crippen LogP contribution in [0.1, 0.15) is 54.4 Å². The zero-order valence-corrected chi connectivity index (χ0v) is 23.2. The zero-order valence-electron chi connectivity index (χ0n) is 21.2. The second kappa shape index (κ2) is 19.6. The van der Waals surface area contributed by atoms with Gasteiger partial charge in [-0.05, 0) is 67.5 Å². The number of rotatable bonds is 23. The molecule has 0 aromatic rings. The van der Waals surface area contributed by atoms with E-state index in [2.05, 4.69) is 4.90 Å². The molecular weight excluding hydrogens is 434 g/mol. The van der Waals surface area contributed by atoms with Gasteiger partial charge in [0, 0.05) is 65.4 Å². The van der Waals surface area contributed by atoms with Gasteiger partial charge in [0.15, 0.2) is 0 Å². The van der Waals surface area contributed by atoms with Gasteiger partial charge in [0.1, 0.15) is 0 Å². The standard InChI is InChI=1S/C21H49NO7Si2/c1-8-24-30(25-9-2,26-10-3)20-14-16-22(18-19-23-7)17-15-21-31(27-11-4,28-12-5)29-13-6/h8-21H2,1-7H3. The minimum Gasteiger partial charge on any atom is -0.383 e. The predicted molar refractivity (Wildman–Crippen MR) is 128 cm³/mol. The second-order valence-corrected chi connectivity index (χ2v) is 12.5. The van der Waals surface area contributed by atoms with E-state index in [4.69, 9.17) is 31.3 Å². The number of hydrogen-bond donors (Lipinski definition) is 0. The summed E-state index contributed by atoms with van der Waals surface area (Å²) in [6, 6.07) is 1.64. The van der Waals surface area contributed by atoms with Gasteiger partial charge in [-0.2, -0.15) is 0 Å². The predicted octanol–water partition coefficient (Wildman–Crippen LogP) is 3.81. The zero-order chi connectivity index (χ0) is 23.4. The third kappa shape index (κ3) is 13.4. The van der Waals surface area contributed by atoms with Crippen molar-refractivity contribution in [3.63, 3.8) is 0 Å². The Morgan fingerprint density at radius 1 is 0.516 bits per heavy atom. The third-order valence-corrected chi connectivity index (χ3v) is 11.0. The van der Waals surface area contributed by atoms with Crippen molar-refractivity contribution in [3.8, 4) is 0 Å². The molecule has 0 aromatic heterocycles. The number of ether oxygens (including phenoxy) is 1. The van der Waals surface area contributed by atoms with E-state index in [0.29, 0.717) is 46.2 Å². The molecule has 0 heterocycles. The highest BCUT2D eigenvalue weighted by molar-refractivity contribution is 6.61. The molecule has 188 valence electrons. The maximum absolute atomic E-state index is 5.99. The van der Waals surface area contributed by atoms with Crippen molar-refractivity contribution >= 4 is 17.6 Å². The van der Waals surface area contributed by atoms with E-state index < -0.39 is 17.6 Å². The first kappa shape index (κ1) is 31.1. The number of nitrogens with zero attached hydrogens (tertiary/aromatic N) is 1. The summed E-state index contributed by atoms with van der Waals surface area (Å²) in [5.41, 5.74) is 0. The lowest BCUT2D eigenvalue weighted by molar-refractivity contribution is 0.0684. The lowest BCUT2D eigenvalue weighted by Gasteiger charge is -2.31. The van der Waals surface area contributed by atoms with Gasteiger partial charge in [-0.15, -0.1) is 0 Å². The Balaban J connectivity index is 4.86. The Bertz CT molecular complexity index is 342. The van der Waals surface area contributed by atoms with E-state index >= 15 is 0 Å². The molecule has 0 N–H and O–H groups in total. The fraction of sp³-hybridized carbons (Fsp3) is 1.00. The van der Waals surface area contributed by atoms with Gasteiger partial charge in [-0.25, -0.2) is 0 Å². The summed E-state index contributed by atoms with van der Waals surface area (Å²) in [5.74, 6) is 0. The SMILES string of the molecule is CCO[Si](CCCN(CCC[Si](OCC)(OCC)OCC)CCOC)(OCC)OCC. The van der Waals surface area contributed by atoms with E-state index in [1.165, 1.54) is 0 Å². The van der Waals surface area contributed by atoms with Crippen molar-refractivity contribution in [2.24, 2.45) is 0 Å². The molecule has 0 saturated heterocycles. The van der Waals surface area contributed by atoms with Crippen LogP contribution in [0.2, 0.25) is 12.1 Å². The Labute approximate surface area is 193 Å². The van der Waals surface area contributed by atoms with Crippen molar-refractivity contribution < 1.29 is 31.3 Å². The molecule has 0 saturated carbocycles. The maximum Gasteiger partial charge on any atom is 0.500 e. The summed E-state index contributed by atoms with van der Waals surface area (Å²) >= 11 is 0. The molecule has 31 heavy (non-hydrogen) atoms. The van der Waals surface area contributed by atoms with Crippen LogP contribution in [0, 0.1) is 0 Å². The smallest absolute Gasteiger partial charge is 0.383 e. The highest BCUT2D eigenvalue weighted by Gasteiger charge is 2.41. The van der Waals surface area contributed by atoms with Crippen LogP contribution in [0.25, 0.3) is 0 Å². The van der Waals surface area contributed by atoms with E-state index in [9.17, 15) is 0 Å². The molecule has 0 bridgehead atoms. The number of methoxy groups -OCH3 is 1. The lowest BCUT2D eigenvalue weighted by Crippen LogP contribution is -2.47. The Morgan fingerprint density at radius 3 is 1.10 bits per heavy atom. The summed E-state index contributed by atoms with van der Waals surface area (Å²) in [5, 5.41) is 0. The van der Waals surface area contributed by atoms with Crippen molar-refractivity contribution in [1.29, 1.82) is 0 Å². The molecule has 8 nitrogen and oxygen atoms in total. The molecule has 0 spiro atoms. The molecule has 0 unspecified atom stereocenters. The van der Waals surface area contributed by atoms with Crippen LogP contribution < -0.4 is 0 Å². The maximum atomic E-state index is 5.99. The topological polar surface area (TPSA) is 67.9 Å². The van der Waals surface area contributed by atoms with E-state index in [-0.39, 0.29) is 0 Å². The normalized spacial score (nSPS) is 12.8.